The van der Waals surface area contributed by atoms with Gasteiger partial charge in [-0.25, -0.2) is 0 Å². The molecule has 0 aromatic heterocycles. The van der Waals surface area contributed by atoms with Gasteiger partial charge in [-0.2, -0.15) is 0 Å². The van der Waals surface area contributed by atoms with Gasteiger partial charge in [0.25, 0.3) is 0 Å². The van der Waals surface area contributed by atoms with Crippen LogP contribution in [0.25, 0.3) is 0 Å². The summed E-state index contributed by atoms with van der Waals surface area (Å²) in [7, 11) is 0. The smallest absolute Gasteiger partial charge is 0.220 e. The molecular formula is C51H86N2O8. The Labute approximate surface area is 367 Å². The average molecular weight is 855 g/mol. The zero-order valence-corrected chi connectivity index (χ0v) is 38.7. The molecule has 0 radical (unpaired) electrons. The summed E-state index contributed by atoms with van der Waals surface area (Å²) in [5.41, 5.74) is -0.423. The number of carbonyl (C=O) groups is 2. The fraction of sp³-hybridized carbons (Fsp3) is 0.961. The molecule has 22 atom stereocenters. The summed E-state index contributed by atoms with van der Waals surface area (Å²) in [5, 5.41) is 74.0. The first kappa shape index (κ1) is 46.2. The minimum atomic E-state index is -0.427. The lowest BCUT2D eigenvalue weighted by atomic mass is 9.43. The first-order chi connectivity index (χ1) is 28.8. The second-order valence-corrected chi connectivity index (χ2v) is 24.1. The zero-order valence-electron chi connectivity index (χ0n) is 38.7. The SMILES string of the molecule is C[C@H](CCC(=O)NCCCNC(=O)CC[C@@H](C)[C@H]1CC[C@H]2[C@@H]3[C@H](O)C[C@@H]4C[C@H](O)CC[C@]4(C)[C@H]3C[C@H](O)[C@]12C)[C@H]1CC[C@H]2[C@@H]3C(O)CC4CC(O)CC[C@]4(C)[C@H]3CC(O)[C@]12C. The van der Waals surface area contributed by atoms with Crippen LogP contribution in [0.15, 0.2) is 0 Å². The molecule has 2 amide bonds. The number of rotatable bonds is 12. The normalized spacial score (nSPS) is 51.1. The molecule has 10 nitrogen and oxygen atoms in total. The molecule has 61 heavy (non-hydrogen) atoms. The Morgan fingerprint density at radius 1 is 0.541 bits per heavy atom. The molecule has 348 valence electrons. The highest BCUT2D eigenvalue weighted by Gasteiger charge is 2.67. The van der Waals surface area contributed by atoms with E-state index in [9.17, 15) is 40.2 Å². The van der Waals surface area contributed by atoms with Crippen LogP contribution in [0.3, 0.4) is 0 Å². The Balaban J connectivity index is 0.746. The van der Waals surface area contributed by atoms with Crippen LogP contribution in [0.5, 0.6) is 0 Å². The predicted octanol–water partition coefficient (Wildman–Crippen LogP) is 6.36. The van der Waals surface area contributed by atoms with Crippen LogP contribution in [0.4, 0.5) is 0 Å². The Morgan fingerprint density at radius 2 is 0.934 bits per heavy atom. The summed E-state index contributed by atoms with van der Waals surface area (Å²) in [5.74, 6) is 3.33. The Kier molecular flexibility index (Phi) is 13.3. The molecule has 4 unspecified atom stereocenters. The summed E-state index contributed by atoms with van der Waals surface area (Å²) in [4.78, 5) is 26.0. The van der Waals surface area contributed by atoms with Crippen LogP contribution in [0.2, 0.25) is 0 Å². The van der Waals surface area contributed by atoms with Crippen molar-refractivity contribution < 1.29 is 40.2 Å². The predicted molar refractivity (Wildman–Crippen MR) is 235 cm³/mol. The van der Waals surface area contributed by atoms with Crippen LogP contribution >= 0.6 is 0 Å². The second kappa shape index (κ2) is 17.5. The van der Waals surface area contributed by atoms with Gasteiger partial charge in [-0.3, -0.25) is 9.59 Å². The van der Waals surface area contributed by atoms with Gasteiger partial charge < -0.3 is 41.3 Å². The van der Waals surface area contributed by atoms with Crippen molar-refractivity contribution in [3.63, 3.8) is 0 Å². The molecule has 0 spiro atoms. The van der Waals surface area contributed by atoms with Gasteiger partial charge >= 0.3 is 0 Å². The maximum atomic E-state index is 13.0. The lowest BCUT2D eigenvalue weighted by Crippen LogP contribution is -2.62. The van der Waals surface area contributed by atoms with Crippen LogP contribution in [-0.4, -0.2) is 92.2 Å². The molecule has 0 heterocycles. The Morgan fingerprint density at radius 3 is 1.33 bits per heavy atom. The topological polar surface area (TPSA) is 180 Å². The third kappa shape index (κ3) is 7.89. The molecule has 0 aromatic rings. The number of hydrogen-bond donors (Lipinski definition) is 8. The molecule has 0 saturated heterocycles. The average Bonchev–Trinajstić information content (AvgIpc) is 3.76. The van der Waals surface area contributed by atoms with Crippen molar-refractivity contribution >= 4 is 11.8 Å². The summed E-state index contributed by atoms with van der Waals surface area (Å²) in [6.45, 7) is 14.8. The largest absolute Gasteiger partial charge is 0.393 e. The van der Waals surface area contributed by atoms with Gasteiger partial charge in [-0.1, -0.05) is 41.5 Å². The zero-order chi connectivity index (χ0) is 43.8. The van der Waals surface area contributed by atoms with Crippen molar-refractivity contribution in [2.45, 2.75) is 200 Å². The van der Waals surface area contributed by atoms with Crippen LogP contribution < -0.4 is 10.6 Å². The first-order valence-corrected chi connectivity index (χ1v) is 25.5. The van der Waals surface area contributed by atoms with E-state index < -0.39 is 12.2 Å². The van der Waals surface area contributed by atoms with Gasteiger partial charge in [-0.05, 0) is 202 Å². The quantitative estimate of drug-likeness (QED) is 0.105. The highest BCUT2D eigenvalue weighted by Crippen LogP contribution is 2.70. The molecule has 0 aliphatic heterocycles. The van der Waals surface area contributed by atoms with Crippen molar-refractivity contribution in [1.82, 2.24) is 10.6 Å². The molecule has 8 aliphatic carbocycles. The van der Waals surface area contributed by atoms with E-state index in [-0.39, 0.29) is 105 Å². The number of hydrogen-bond acceptors (Lipinski definition) is 8. The Bertz CT molecular complexity index is 1470. The third-order valence-corrected chi connectivity index (χ3v) is 21.7. The van der Waals surface area contributed by atoms with E-state index in [1.54, 1.807) is 0 Å². The summed E-state index contributed by atoms with van der Waals surface area (Å²) in [6, 6.07) is 0. The fourth-order valence-corrected chi connectivity index (χ4v) is 18.1. The summed E-state index contributed by atoms with van der Waals surface area (Å²) >= 11 is 0. The molecule has 8 N–H and O–H groups in total. The standard InChI is InChI=1S/C51H86N2O8/c1-28(34-10-12-36-46-38(26-42(58)50(34,36)5)48(3)18-16-32(54)22-30(48)24-40(46)56)8-14-44(60)52-20-7-21-53-45(61)15-9-29(2)35-11-13-37-47-39(27-43(59)51(35,37)6)49(4)19-17-33(55)23-31(49)25-41(47)57/h28-43,46-47,54-59H,7-27H2,1-6H3,(H,52,60)(H,53,61)/t28-,29-,30+,31?,32-,33?,34-,35-,36+,37+,38+,39+,40-,41?,42+,43?,46+,47+,48+,49+,50-,51-/m1/s1. The van der Waals surface area contributed by atoms with Crippen molar-refractivity contribution in [2.24, 2.45) is 92.7 Å². The van der Waals surface area contributed by atoms with Crippen LogP contribution in [0.1, 0.15) is 164 Å². The number of aliphatic hydroxyl groups is 6. The maximum absolute atomic E-state index is 13.0. The molecule has 8 rings (SSSR count). The van der Waals surface area contributed by atoms with Gasteiger partial charge in [0.1, 0.15) is 0 Å². The fourth-order valence-electron chi connectivity index (χ4n) is 18.1. The van der Waals surface area contributed by atoms with E-state index in [0.717, 1.165) is 103 Å². The number of amides is 2. The monoisotopic (exact) mass is 855 g/mol. The van der Waals surface area contributed by atoms with Crippen molar-refractivity contribution in [3.8, 4) is 0 Å². The molecule has 0 aromatic carbocycles. The van der Waals surface area contributed by atoms with Gasteiger partial charge in [0.15, 0.2) is 0 Å². The van der Waals surface area contributed by atoms with Crippen molar-refractivity contribution in [1.29, 1.82) is 0 Å². The second-order valence-electron chi connectivity index (χ2n) is 24.1. The van der Waals surface area contributed by atoms with E-state index in [2.05, 4.69) is 52.2 Å². The lowest BCUT2D eigenvalue weighted by molar-refractivity contribution is -0.207. The molecule has 10 heteroatoms. The van der Waals surface area contributed by atoms with Crippen LogP contribution in [-0.2, 0) is 9.59 Å². The van der Waals surface area contributed by atoms with E-state index in [1.165, 1.54) is 0 Å². The van der Waals surface area contributed by atoms with E-state index in [1.807, 2.05) is 0 Å². The third-order valence-electron chi connectivity index (χ3n) is 21.7. The van der Waals surface area contributed by atoms with Crippen molar-refractivity contribution in [3.05, 3.63) is 0 Å². The van der Waals surface area contributed by atoms with Gasteiger partial charge in [-0.15, -0.1) is 0 Å². The molecular weight excluding hydrogens is 769 g/mol. The van der Waals surface area contributed by atoms with E-state index in [0.29, 0.717) is 56.0 Å². The molecule has 0 bridgehead atoms. The first-order valence-electron chi connectivity index (χ1n) is 25.5. The summed E-state index contributed by atoms with van der Waals surface area (Å²) < 4.78 is 0. The van der Waals surface area contributed by atoms with E-state index >= 15 is 0 Å². The van der Waals surface area contributed by atoms with E-state index in [4.69, 9.17) is 0 Å². The maximum Gasteiger partial charge on any atom is 0.220 e. The van der Waals surface area contributed by atoms with Gasteiger partial charge in [0.05, 0.1) is 36.6 Å². The number of aliphatic hydroxyl groups excluding tert-OH is 6. The lowest BCUT2D eigenvalue weighted by Gasteiger charge is -2.63. The number of carbonyl (C=O) groups excluding carboxylic acids is 2. The number of fused-ring (bicyclic) bond motifs is 10. The highest BCUT2D eigenvalue weighted by atomic mass is 16.3. The molecule has 8 fully saturated rings. The molecule has 8 aliphatic rings. The van der Waals surface area contributed by atoms with Gasteiger partial charge in [0.2, 0.25) is 11.8 Å². The minimum absolute atomic E-state index is 0.0314. The van der Waals surface area contributed by atoms with Crippen molar-refractivity contribution in [2.75, 3.05) is 13.1 Å². The highest BCUT2D eigenvalue weighted by molar-refractivity contribution is 5.76. The number of nitrogens with one attached hydrogen (secondary N) is 2. The van der Waals surface area contributed by atoms with Crippen LogP contribution in [0, 0.1) is 92.7 Å². The molecule has 8 saturated carbocycles. The Hall–Kier alpha value is -1.30. The summed E-state index contributed by atoms with van der Waals surface area (Å²) in [6.07, 6.45) is 13.1. The minimum Gasteiger partial charge on any atom is -0.393 e. The van der Waals surface area contributed by atoms with Gasteiger partial charge in [0, 0.05) is 25.9 Å².